The molecule has 4 rings (SSSR count). The zero-order chi connectivity index (χ0) is 17.4. The van der Waals surface area contributed by atoms with E-state index in [2.05, 4.69) is 0 Å². The molecule has 0 spiro atoms. The molecule has 0 aromatic carbocycles. The standard InChI is InChI=1S/C17H17N3O4S/c21-14(18-6-1-2-7-18)11-19-13-5-9-25-15(13)16(22)20(17(19)23)10-12-4-3-8-24-12/h3-5,8-9H,1-2,6-7,10-11H2. The number of hydrogen-bond acceptors (Lipinski definition) is 5. The van der Waals surface area contributed by atoms with Crippen molar-refractivity contribution in [3.05, 3.63) is 56.4 Å². The summed E-state index contributed by atoms with van der Waals surface area (Å²) in [4.78, 5) is 39.8. The van der Waals surface area contributed by atoms with E-state index in [9.17, 15) is 14.4 Å². The van der Waals surface area contributed by atoms with Crippen LogP contribution in [-0.4, -0.2) is 33.0 Å². The number of rotatable bonds is 4. The van der Waals surface area contributed by atoms with E-state index in [0.29, 0.717) is 16.0 Å². The van der Waals surface area contributed by atoms with Crippen molar-refractivity contribution in [1.82, 2.24) is 14.0 Å². The van der Waals surface area contributed by atoms with Gasteiger partial charge in [-0.15, -0.1) is 11.3 Å². The minimum absolute atomic E-state index is 0.0511. The van der Waals surface area contributed by atoms with Crippen LogP contribution in [0.5, 0.6) is 0 Å². The first-order valence-corrected chi connectivity index (χ1v) is 9.04. The van der Waals surface area contributed by atoms with E-state index in [4.69, 9.17) is 4.42 Å². The fourth-order valence-corrected chi connectivity index (χ4v) is 4.03. The summed E-state index contributed by atoms with van der Waals surface area (Å²) in [5.41, 5.74) is -0.320. The first kappa shape index (κ1) is 15.9. The zero-order valence-corrected chi connectivity index (χ0v) is 14.3. The van der Waals surface area contributed by atoms with Gasteiger partial charge in [-0.05, 0) is 36.4 Å². The maximum Gasteiger partial charge on any atom is 0.332 e. The average Bonchev–Trinajstić information content (AvgIpc) is 3.36. The first-order chi connectivity index (χ1) is 12.1. The molecule has 0 atom stereocenters. The monoisotopic (exact) mass is 359 g/mol. The van der Waals surface area contributed by atoms with Crippen LogP contribution in [0.3, 0.4) is 0 Å². The Kier molecular flexibility index (Phi) is 4.04. The van der Waals surface area contributed by atoms with Crippen LogP contribution in [0.4, 0.5) is 0 Å². The predicted octanol–water partition coefficient (Wildman–Crippen LogP) is 1.49. The van der Waals surface area contributed by atoms with E-state index in [0.717, 1.165) is 30.5 Å². The Morgan fingerprint density at radius 1 is 1.16 bits per heavy atom. The Bertz CT molecular complexity index is 1020. The summed E-state index contributed by atoms with van der Waals surface area (Å²) >= 11 is 1.27. The molecule has 1 aliphatic heterocycles. The highest BCUT2D eigenvalue weighted by Crippen LogP contribution is 2.16. The maximum absolute atomic E-state index is 12.9. The third-order valence-corrected chi connectivity index (χ3v) is 5.37. The molecule has 4 heterocycles. The van der Waals surface area contributed by atoms with E-state index < -0.39 is 5.69 Å². The molecule has 1 aliphatic rings. The minimum Gasteiger partial charge on any atom is -0.467 e. The number of carbonyl (C=O) groups is 1. The number of thiophene rings is 1. The number of likely N-dealkylation sites (tertiary alicyclic amines) is 1. The van der Waals surface area contributed by atoms with Gasteiger partial charge < -0.3 is 9.32 Å². The van der Waals surface area contributed by atoms with Gasteiger partial charge in [-0.25, -0.2) is 4.79 Å². The van der Waals surface area contributed by atoms with Gasteiger partial charge in [0.2, 0.25) is 5.91 Å². The van der Waals surface area contributed by atoms with Crippen LogP contribution in [-0.2, 0) is 17.9 Å². The molecule has 1 saturated heterocycles. The van der Waals surface area contributed by atoms with Crippen LogP contribution in [0.2, 0.25) is 0 Å². The quantitative estimate of drug-likeness (QED) is 0.707. The Morgan fingerprint density at radius 2 is 1.96 bits per heavy atom. The molecule has 0 bridgehead atoms. The number of fused-ring (bicyclic) bond motifs is 1. The molecule has 1 amide bonds. The maximum atomic E-state index is 12.9. The van der Waals surface area contributed by atoms with Gasteiger partial charge in [0.15, 0.2) is 0 Å². The summed E-state index contributed by atoms with van der Waals surface area (Å²) in [7, 11) is 0. The Morgan fingerprint density at radius 3 is 2.68 bits per heavy atom. The van der Waals surface area contributed by atoms with Gasteiger partial charge in [0.1, 0.15) is 17.0 Å². The Hall–Kier alpha value is -2.61. The minimum atomic E-state index is -0.486. The van der Waals surface area contributed by atoms with Crippen molar-refractivity contribution in [2.24, 2.45) is 0 Å². The summed E-state index contributed by atoms with van der Waals surface area (Å²) in [6, 6.07) is 5.14. The van der Waals surface area contributed by atoms with Crippen LogP contribution in [0.25, 0.3) is 10.2 Å². The molecule has 8 heteroatoms. The highest BCUT2D eigenvalue weighted by atomic mass is 32.1. The zero-order valence-electron chi connectivity index (χ0n) is 13.5. The second-order valence-corrected chi connectivity index (χ2v) is 6.98. The van der Waals surface area contributed by atoms with Crippen LogP contribution in [0.1, 0.15) is 18.6 Å². The molecule has 0 aliphatic carbocycles. The summed E-state index contributed by atoms with van der Waals surface area (Å²) in [5, 5.41) is 1.76. The molecule has 0 unspecified atom stereocenters. The molecule has 0 saturated carbocycles. The number of aromatic nitrogens is 2. The van der Waals surface area contributed by atoms with Crippen molar-refractivity contribution < 1.29 is 9.21 Å². The smallest absolute Gasteiger partial charge is 0.332 e. The fourth-order valence-electron chi connectivity index (χ4n) is 3.19. The molecule has 25 heavy (non-hydrogen) atoms. The first-order valence-electron chi connectivity index (χ1n) is 8.16. The largest absolute Gasteiger partial charge is 0.467 e. The lowest BCUT2D eigenvalue weighted by Gasteiger charge is -2.17. The fraction of sp³-hybridized carbons (Fsp3) is 0.353. The van der Waals surface area contributed by atoms with E-state index >= 15 is 0 Å². The van der Waals surface area contributed by atoms with Crippen molar-refractivity contribution in [2.75, 3.05) is 13.1 Å². The van der Waals surface area contributed by atoms with Gasteiger partial charge in [-0.1, -0.05) is 0 Å². The summed E-state index contributed by atoms with van der Waals surface area (Å²) in [5.74, 6) is 0.433. The van der Waals surface area contributed by atoms with Gasteiger partial charge >= 0.3 is 5.69 Å². The van der Waals surface area contributed by atoms with Crippen molar-refractivity contribution in [3.63, 3.8) is 0 Å². The molecule has 7 nitrogen and oxygen atoms in total. The van der Waals surface area contributed by atoms with E-state index in [-0.39, 0.29) is 24.6 Å². The topological polar surface area (TPSA) is 77.5 Å². The van der Waals surface area contributed by atoms with Crippen LogP contribution >= 0.6 is 11.3 Å². The average molecular weight is 359 g/mol. The highest BCUT2D eigenvalue weighted by Gasteiger charge is 2.22. The van der Waals surface area contributed by atoms with Gasteiger partial charge in [0.25, 0.3) is 5.56 Å². The van der Waals surface area contributed by atoms with Crippen LogP contribution in [0, 0.1) is 0 Å². The number of furan rings is 1. The number of amides is 1. The normalized spacial score (nSPS) is 14.5. The lowest BCUT2D eigenvalue weighted by atomic mass is 10.4. The van der Waals surface area contributed by atoms with Gasteiger partial charge in [-0.3, -0.25) is 18.7 Å². The molecule has 1 fully saturated rings. The van der Waals surface area contributed by atoms with E-state index in [1.807, 2.05) is 0 Å². The van der Waals surface area contributed by atoms with Gasteiger partial charge in [0, 0.05) is 13.1 Å². The third-order valence-electron chi connectivity index (χ3n) is 4.48. The summed E-state index contributed by atoms with van der Waals surface area (Å²) < 4.78 is 8.27. The lowest BCUT2D eigenvalue weighted by molar-refractivity contribution is -0.130. The van der Waals surface area contributed by atoms with Crippen molar-refractivity contribution in [2.45, 2.75) is 25.9 Å². The van der Waals surface area contributed by atoms with Gasteiger partial charge in [0.05, 0.1) is 18.3 Å². The second kappa shape index (κ2) is 6.36. The summed E-state index contributed by atoms with van der Waals surface area (Å²) in [6.45, 7) is 1.46. The molecule has 130 valence electrons. The predicted molar refractivity (Wildman–Crippen MR) is 94.0 cm³/mol. The Balaban J connectivity index is 1.79. The lowest BCUT2D eigenvalue weighted by Crippen LogP contribution is -2.42. The van der Waals surface area contributed by atoms with Crippen molar-refractivity contribution in [3.8, 4) is 0 Å². The van der Waals surface area contributed by atoms with Crippen LogP contribution in [0.15, 0.2) is 43.8 Å². The van der Waals surface area contributed by atoms with E-state index in [1.54, 1.807) is 28.5 Å². The SMILES string of the molecule is O=C(Cn1c(=O)n(Cc2ccco2)c(=O)c2sccc21)N1CCCC1. The van der Waals surface area contributed by atoms with Crippen molar-refractivity contribution in [1.29, 1.82) is 0 Å². The Labute approximate surface area is 146 Å². The molecule has 0 N–H and O–H groups in total. The number of hydrogen-bond donors (Lipinski definition) is 0. The molecule has 0 radical (unpaired) electrons. The molecule has 3 aromatic heterocycles. The van der Waals surface area contributed by atoms with E-state index in [1.165, 1.54) is 22.2 Å². The number of carbonyl (C=O) groups excluding carboxylic acids is 1. The molecular formula is C17H17N3O4S. The number of nitrogens with zero attached hydrogens (tertiary/aromatic N) is 3. The highest BCUT2D eigenvalue weighted by molar-refractivity contribution is 7.17. The summed E-state index contributed by atoms with van der Waals surface area (Å²) in [6.07, 6.45) is 3.48. The van der Waals surface area contributed by atoms with Gasteiger partial charge in [-0.2, -0.15) is 0 Å². The van der Waals surface area contributed by atoms with Crippen LogP contribution < -0.4 is 11.2 Å². The van der Waals surface area contributed by atoms with Crippen molar-refractivity contribution >= 4 is 27.5 Å². The third kappa shape index (κ3) is 2.82. The second-order valence-electron chi connectivity index (χ2n) is 6.06. The molecular weight excluding hydrogens is 342 g/mol. The molecule has 3 aromatic rings.